The molecule has 1 N–H and O–H groups in total. The quantitative estimate of drug-likeness (QED) is 0.808. The fourth-order valence-corrected chi connectivity index (χ4v) is 6.29. The van der Waals surface area contributed by atoms with Gasteiger partial charge in [-0.05, 0) is 0 Å². The Balaban J connectivity index is 2.86. The second-order valence-corrected chi connectivity index (χ2v) is 19.7. The van der Waals surface area contributed by atoms with E-state index >= 15 is 0 Å². The molecule has 0 unspecified atom stereocenters. The van der Waals surface area contributed by atoms with E-state index in [0.717, 1.165) is 8.97 Å². The molecular formula is C12H14ClNOSn. The van der Waals surface area contributed by atoms with E-state index in [1.807, 2.05) is 18.2 Å². The SMILES string of the molecule is [CH3][Sn]([CH3])([CH3])[c]1cc(Cl)c2cccnc2c1O. The van der Waals surface area contributed by atoms with Crippen molar-refractivity contribution < 1.29 is 5.11 Å². The van der Waals surface area contributed by atoms with Gasteiger partial charge in [-0.25, -0.2) is 0 Å². The van der Waals surface area contributed by atoms with Crippen LogP contribution in [0.2, 0.25) is 19.8 Å². The van der Waals surface area contributed by atoms with Crippen LogP contribution < -0.4 is 3.58 Å². The Hall–Kier alpha value is -0.481. The fourth-order valence-electron chi connectivity index (χ4n) is 1.76. The summed E-state index contributed by atoms with van der Waals surface area (Å²) in [6.45, 7) is 0. The Morgan fingerprint density at radius 2 is 2.00 bits per heavy atom. The summed E-state index contributed by atoms with van der Waals surface area (Å²) in [4.78, 5) is 10.9. The number of benzene rings is 1. The minimum absolute atomic E-state index is 0.323. The summed E-state index contributed by atoms with van der Waals surface area (Å²) in [5, 5.41) is 11.7. The number of nitrogens with zero attached hydrogens (tertiary/aromatic N) is 1. The molecule has 16 heavy (non-hydrogen) atoms. The van der Waals surface area contributed by atoms with Crippen LogP contribution in [0.15, 0.2) is 24.4 Å². The van der Waals surface area contributed by atoms with Crippen molar-refractivity contribution in [3.8, 4) is 5.75 Å². The van der Waals surface area contributed by atoms with Crippen molar-refractivity contribution >= 4 is 44.5 Å². The monoisotopic (exact) mass is 343 g/mol. The van der Waals surface area contributed by atoms with Crippen LogP contribution in [0.25, 0.3) is 10.9 Å². The van der Waals surface area contributed by atoms with E-state index in [0.29, 0.717) is 16.3 Å². The van der Waals surface area contributed by atoms with Crippen molar-refractivity contribution in [2.24, 2.45) is 0 Å². The molecule has 2 rings (SSSR count). The van der Waals surface area contributed by atoms with Gasteiger partial charge < -0.3 is 0 Å². The predicted molar refractivity (Wildman–Crippen MR) is 71.4 cm³/mol. The van der Waals surface area contributed by atoms with Gasteiger partial charge in [0.2, 0.25) is 0 Å². The van der Waals surface area contributed by atoms with Crippen LogP contribution in [0.4, 0.5) is 0 Å². The molecule has 0 atom stereocenters. The molecule has 0 radical (unpaired) electrons. The number of rotatable bonds is 1. The minimum atomic E-state index is -2.34. The number of phenolic OH excluding ortho intramolecular Hbond substituents is 1. The predicted octanol–water partition coefficient (Wildman–Crippen LogP) is 3.14. The number of fused-ring (bicyclic) bond motifs is 1. The number of aromatic hydroxyl groups is 1. The number of hydrogen-bond donors (Lipinski definition) is 1. The first-order chi connectivity index (χ1) is 7.41. The third-order valence-corrected chi connectivity index (χ3v) is 8.64. The number of pyridine rings is 1. The fraction of sp³-hybridized carbons (Fsp3) is 0.250. The summed E-state index contributed by atoms with van der Waals surface area (Å²) in [5.41, 5.74) is 0.622. The zero-order chi connectivity index (χ0) is 11.9. The molecule has 0 aliphatic heterocycles. The van der Waals surface area contributed by atoms with Gasteiger partial charge in [0, 0.05) is 0 Å². The molecule has 0 spiro atoms. The Morgan fingerprint density at radius 1 is 1.31 bits per heavy atom. The molecule has 0 saturated carbocycles. The maximum atomic E-state index is 10.2. The summed E-state index contributed by atoms with van der Waals surface area (Å²) in [6, 6.07) is 5.62. The first kappa shape index (κ1) is 12.0. The standard InChI is InChI=1S/C9H5ClNO.3CH3.Sn/c10-7-3-4-8(12)9-6(7)2-1-5-11-9;;;;/h1-3,5,12H;3*1H3;. The Labute approximate surface area is 104 Å². The second-order valence-electron chi connectivity index (χ2n) is 4.90. The van der Waals surface area contributed by atoms with Crippen LogP contribution in [-0.2, 0) is 0 Å². The first-order valence-corrected chi connectivity index (χ1v) is 15.5. The van der Waals surface area contributed by atoms with Gasteiger partial charge in [-0.15, -0.1) is 0 Å². The van der Waals surface area contributed by atoms with Crippen molar-refractivity contribution in [3.63, 3.8) is 0 Å². The van der Waals surface area contributed by atoms with Crippen LogP contribution in [0.5, 0.6) is 5.75 Å². The average Bonchev–Trinajstić information content (AvgIpc) is 2.22. The van der Waals surface area contributed by atoms with E-state index in [9.17, 15) is 5.11 Å². The van der Waals surface area contributed by atoms with E-state index in [2.05, 4.69) is 19.8 Å². The number of hydrogen-bond acceptors (Lipinski definition) is 2. The van der Waals surface area contributed by atoms with Crippen molar-refractivity contribution in [1.29, 1.82) is 0 Å². The van der Waals surface area contributed by atoms with Crippen molar-refractivity contribution in [2.75, 3.05) is 0 Å². The molecule has 2 nitrogen and oxygen atoms in total. The molecule has 84 valence electrons. The molecule has 0 saturated heterocycles. The van der Waals surface area contributed by atoms with Crippen LogP contribution in [0.1, 0.15) is 0 Å². The summed E-state index contributed by atoms with van der Waals surface area (Å²) in [5.74, 6) is 0.323. The number of phenols is 1. The molecule has 4 heteroatoms. The molecular weight excluding hydrogens is 328 g/mol. The maximum absolute atomic E-state index is 10.2. The topological polar surface area (TPSA) is 33.1 Å². The van der Waals surface area contributed by atoms with Gasteiger partial charge in [0.05, 0.1) is 0 Å². The van der Waals surface area contributed by atoms with Gasteiger partial charge in [0.15, 0.2) is 0 Å². The molecule has 0 aliphatic carbocycles. The molecule has 0 fully saturated rings. The number of halogens is 1. The normalized spacial score (nSPS) is 12.0. The third-order valence-electron chi connectivity index (χ3n) is 2.62. The number of aromatic nitrogens is 1. The van der Waals surface area contributed by atoms with Crippen LogP contribution >= 0.6 is 11.6 Å². The Kier molecular flexibility index (Phi) is 3.05. The average molecular weight is 342 g/mol. The second kappa shape index (κ2) is 4.07. The zero-order valence-electron chi connectivity index (χ0n) is 9.58. The molecule has 1 aromatic carbocycles. The van der Waals surface area contributed by atoms with E-state index in [4.69, 9.17) is 11.6 Å². The van der Waals surface area contributed by atoms with Gasteiger partial charge in [-0.2, -0.15) is 0 Å². The molecule has 0 aliphatic rings. The molecule has 1 heterocycles. The van der Waals surface area contributed by atoms with Crippen molar-refractivity contribution in [1.82, 2.24) is 4.98 Å². The van der Waals surface area contributed by atoms with Gasteiger partial charge in [0.25, 0.3) is 0 Å². The van der Waals surface area contributed by atoms with Gasteiger partial charge in [0.1, 0.15) is 0 Å². The molecule has 2 aromatic rings. The van der Waals surface area contributed by atoms with E-state index in [1.54, 1.807) is 6.20 Å². The molecule has 0 amide bonds. The summed E-state index contributed by atoms with van der Waals surface area (Å²) < 4.78 is 1.03. The van der Waals surface area contributed by atoms with E-state index in [-0.39, 0.29) is 0 Å². The Morgan fingerprint density at radius 3 is 2.62 bits per heavy atom. The summed E-state index contributed by atoms with van der Waals surface area (Å²) >= 11 is 3.88. The zero-order valence-corrected chi connectivity index (χ0v) is 13.2. The Bertz CT molecular complexity index is 548. The van der Waals surface area contributed by atoms with E-state index in [1.165, 1.54) is 0 Å². The first-order valence-electron chi connectivity index (χ1n) is 5.18. The molecule has 0 bridgehead atoms. The van der Waals surface area contributed by atoms with Gasteiger partial charge >= 0.3 is 105 Å². The van der Waals surface area contributed by atoms with Gasteiger partial charge in [-0.3, -0.25) is 0 Å². The summed E-state index contributed by atoms with van der Waals surface area (Å²) in [6.07, 6.45) is 1.68. The molecule has 1 aromatic heterocycles. The van der Waals surface area contributed by atoms with Crippen LogP contribution in [0.3, 0.4) is 0 Å². The van der Waals surface area contributed by atoms with E-state index < -0.39 is 18.4 Å². The van der Waals surface area contributed by atoms with Crippen molar-refractivity contribution in [2.45, 2.75) is 14.8 Å². The van der Waals surface area contributed by atoms with Crippen LogP contribution in [-0.4, -0.2) is 28.5 Å². The third kappa shape index (κ3) is 2.00. The van der Waals surface area contributed by atoms with Crippen LogP contribution in [0, 0.1) is 0 Å². The van der Waals surface area contributed by atoms with Gasteiger partial charge in [-0.1, -0.05) is 0 Å². The van der Waals surface area contributed by atoms with Crippen molar-refractivity contribution in [3.05, 3.63) is 29.4 Å². The summed E-state index contributed by atoms with van der Waals surface area (Å²) in [7, 11) is 0.